The molecule has 6 nitrogen and oxygen atoms in total. The zero-order chi connectivity index (χ0) is 14.5. The summed E-state index contributed by atoms with van der Waals surface area (Å²) in [7, 11) is 0. The van der Waals surface area contributed by atoms with Crippen molar-refractivity contribution in [2.45, 2.75) is 32.2 Å². The average molecular weight is 258 g/mol. The molecule has 98 valence electrons. The Balaban J connectivity index is 3.35. The van der Waals surface area contributed by atoms with Crippen LogP contribution in [-0.2, 0) is 14.9 Å². The fourth-order valence-electron chi connectivity index (χ4n) is 1.59. The van der Waals surface area contributed by atoms with Crippen LogP contribution in [0, 0.1) is 24.8 Å². The van der Waals surface area contributed by atoms with Crippen molar-refractivity contribution in [3.63, 3.8) is 0 Å². The van der Waals surface area contributed by atoms with E-state index in [0.29, 0.717) is 5.69 Å². The van der Waals surface area contributed by atoms with E-state index >= 15 is 0 Å². The maximum atomic E-state index is 12.1. The van der Waals surface area contributed by atoms with E-state index in [4.69, 9.17) is 16.6 Å². The zero-order valence-electron chi connectivity index (χ0n) is 11.0. The molecule has 0 saturated heterocycles. The monoisotopic (exact) mass is 258 g/mol. The Morgan fingerprint density at radius 1 is 1.63 bits per heavy atom. The zero-order valence-corrected chi connectivity index (χ0v) is 11.0. The molecule has 19 heavy (non-hydrogen) atoms. The van der Waals surface area contributed by atoms with Crippen LogP contribution in [0.1, 0.15) is 25.2 Å². The first-order chi connectivity index (χ1) is 9.00. The van der Waals surface area contributed by atoms with Gasteiger partial charge in [0.1, 0.15) is 0 Å². The number of nitrogens with zero attached hydrogens (tertiary/aromatic N) is 4. The standard InChI is InChI=1S/C13H14N4O2/c1-5-19-12(18)13(3,10(6-14)15-4)11-8-16-9(2)7-17-11/h7-8,10H,5H2,1-3H3. The average Bonchev–Trinajstić information content (AvgIpc) is 2.40. The molecule has 1 aromatic rings. The Labute approximate surface area is 111 Å². The van der Waals surface area contributed by atoms with Crippen LogP contribution < -0.4 is 0 Å². The first-order valence-corrected chi connectivity index (χ1v) is 5.73. The van der Waals surface area contributed by atoms with E-state index < -0.39 is 17.4 Å². The predicted octanol–water partition coefficient (Wildman–Crippen LogP) is 1.42. The molecule has 1 rings (SSSR count). The van der Waals surface area contributed by atoms with E-state index in [0.717, 1.165) is 0 Å². The van der Waals surface area contributed by atoms with E-state index in [9.17, 15) is 4.79 Å². The lowest BCUT2D eigenvalue weighted by molar-refractivity contribution is -0.149. The fraction of sp³-hybridized carbons (Fsp3) is 0.462. The molecule has 0 spiro atoms. The Kier molecular flexibility index (Phi) is 4.55. The van der Waals surface area contributed by atoms with Gasteiger partial charge in [0.15, 0.2) is 11.5 Å². The maximum absolute atomic E-state index is 12.1. The van der Waals surface area contributed by atoms with Crippen LogP contribution in [0.15, 0.2) is 12.4 Å². The van der Waals surface area contributed by atoms with Gasteiger partial charge >= 0.3 is 12.0 Å². The van der Waals surface area contributed by atoms with E-state index in [2.05, 4.69) is 14.8 Å². The molecular weight excluding hydrogens is 244 g/mol. The number of carbonyl (C=O) groups excluding carboxylic acids is 1. The van der Waals surface area contributed by atoms with Crippen LogP contribution in [0.4, 0.5) is 0 Å². The summed E-state index contributed by atoms with van der Waals surface area (Å²) in [4.78, 5) is 23.5. The first kappa shape index (κ1) is 14.6. The SMILES string of the molecule is [C-]#[N+]C(C#N)C(C)(C(=O)OCC)c1cnc(C)cn1. The van der Waals surface area contributed by atoms with Gasteiger partial charge in [-0.2, -0.15) is 5.26 Å². The molecule has 1 heterocycles. The van der Waals surface area contributed by atoms with Crippen molar-refractivity contribution in [3.05, 3.63) is 35.2 Å². The normalized spacial score (nSPS) is 14.6. The number of hydrogen-bond donors (Lipinski definition) is 0. The number of esters is 1. The quantitative estimate of drug-likeness (QED) is 0.602. The van der Waals surface area contributed by atoms with Gasteiger partial charge in [-0.25, -0.2) is 6.57 Å². The van der Waals surface area contributed by atoms with E-state index in [1.54, 1.807) is 13.8 Å². The van der Waals surface area contributed by atoms with Crippen molar-refractivity contribution in [3.8, 4) is 6.07 Å². The van der Waals surface area contributed by atoms with E-state index in [1.165, 1.54) is 19.3 Å². The highest BCUT2D eigenvalue weighted by atomic mass is 16.5. The third-order valence-corrected chi connectivity index (χ3v) is 2.81. The van der Waals surface area contributed by atoms with Gasteiger partial charge in [0, 0.05) is 6.20 Å². The molecule has 1 aromatic heterocycles. The number of hydrogen-bond acceptors (Lipinski definition) is 5. The highest BCUT2D eigenvalue weighted by molar-refractivity contribution is 5.84. The molecule has 0 aromatic carbocycles. The second-order valence-electron chi connectivity index (χ2n) is 4.13. The Morgan fingerprint density at radius 2 is 2.32 bits per heavy atom. The largest absolute Gasteiger partial charge is 0.465 e. The number of rotatable bonds is 4. The van der Waals surface area contributed by atoms with E-state index in [1.807, 2.05) is 6.07 Å². The molecule has 0 aliphatic rings. The van der Waals surface area contributed by atoms with Crippen LogP contribution in [0.3, 0.4) is 0 Å². The summed E-state index contributed by atoms with van der Waals surface area (Å²) in [6, 6.07) is 0.617. The molecule has 0 amide bonds. The summed E-state index contributed by atoms with van der Waals surface area (Å²) < 4.78 is 4.98. The van der Waals surface area contributed by atoms with Gasteiger partial charge in [-0.15, -0.1) is 0 Å². The predicted molar refractivity (Wildman–Crippen MR) is 66.8 cm³/mol. The minimum Gasteiger partial charge on any atom is -0.465 e. The van der Waals surface area contributed by atoms with Crippen LogP contribution >= 0.6 is 0 Å². The second kappa shape index (κ2) is 5.92. The van der Waals surface area contributed by atoms with Gasteiger partial charge in [0.25, 0.3) is 0 Å². The van der Waals surface area contributed by atoms with Crippen LogP contribution in [0.5, 0.6) is 0 Å². The van der Waals surface area contributed by atoms with Crippen molar-refractivity contribution in [2.24, 2.45) is 0 Å². The first-order valence-electron chi connectivity index (χ1n) is 5.73. The van der Waals surface area contributed by atoms with Gasteiger partial charge in [0.05, 0.1) is 24.2 Å². The Bertz CT molecular complexity index is 527. The fourth-order valence-corrected chi connectivity index (χ4v) is 1.59. The summed E-state index contributed by atoms with van der Waals surface area (Å²) in [5.41, 5.74) is -0.488. The van der Waals surface area contributed by atoms with Gasteiger partial charge < -0.3 is 4.74 Å². The third-order valence-electron chi connectivity index (χ3n) is 2.81. The van der Waals surface area contributed by atoms with Crippen molar-refractivity contribution in [1.82, 2.24) is 9.97 Å². The molecule has 0 saturated carbocycles. The minimum absolute atomic E-state index is 0.170. The summed E-state index contributed by atoms with van der Waals surface area (Å²) in [5, 5.41) is 9.07. The smallest absolute Gasteiger partial charge is 0.328 e. The molecule has 2 unspecified atom stereocenters. The molecule has 0 aliphatic heterocycles. The molecule has 6 heteroatoms. The Morgan fingerprint density at radius 3 is 2.74 bits per heavy atom. The van der Waals surface area contributed by atoms with Gasteiger partial charge in [0.2, 0.25) is 0 Å². The van der Waals surface area contributed by atoms with Crippen molar-refractivity contribution >= 4 is 5.97 Å². The molecule has 0 N–H and O–H groups in total. The van der Waals surface area contributed by atoms with Crippen molar-refractivity contribution in [1.29, 1.82) is 5.26 Å². The molecule has 2 atom stereocenters. The summed E-state index contributed by atoms with van der Waals surface area (Å²) in [5.74, 6) is -0.643. The molecule has 0 fully saturated rings. The lowest BCUT2D eigenvalue weighted by Gasteiger charge is -2.23. The van der Waals surface area contributed by atoms with Crippen LogP contribution in [0.2, 0.25) is 0 Å². The number of carbonyl (C=O) groups is 1. The highest BCUT2D eigenvalue weighted by Gasteiger charge is 2.51. The summed E-state index contributed by atoms with van der Waals surface area (Å²) in [6.07, 6.45) is 2.90. The molecule has 0 radical (unpaired) electrons. The molecule has 0 aliphatic carbocycles. The lowest BCUT2D eigenvalue weighted by atomic mass is 9.80. The lowest BCUT2D eigenvalue weighted by Crippen LogP contribution is -2.44. The minimum atomic E-state index is -1.44. The number of aryl methyl sites for hydroxylation is 1. The van der Waals surface area contributed by atoms with Crippen LogP contribution in [-0.4, -0.2) is 28.6 Å². The maximum Gasteiger partial charge on any atom is 0.328 e. The topological polar surface area (TPSA) is 80.2 Å². The Hall–Kier alpha value is -2.47. The van der Waals surface area contributed by atoms with Gasteiger partial charge in [-0.05, 0) is 20.8 Å². The van der Waals surface area contributed by atoms with E-state index in [-0.39, 0.29) is 12.3 Å². The summed E-state index contributed by atoms with van der Waals surface area (Å²) in [6.45, 7) is 12.2. The number of ether oxygens (including phenoxy) is 1. The van der Waals surface area contributed by atoms with Gasteiger partial charge in [-0.1, -0.05) is 0 Å². The van der Waals surface area contributed by atoms with Crippen LogP contribution in [0.25, 0.3) is 4.85 Å². The van der Waals surface area contributed by atoms with Crippen molar-refractivity contribution in [2.75, 3.05) is 6.61 Å². The second-order valence-corrected chi connectivity index (χ2v) is 4.13. The molecular formula is C13H14N4O2. The number of aromatic nitrogens is 2. The highest BCUT2D eigenvalue weighted by Crippen LogP contribution is 2.29. The third kappa shape index (κ3) is 2.69. The number of nitriles is 1. The summed E-state index contributed by atoms with van der Waals surface area (Å²) >= 11 is 0. The van der Waals surface area contributed by atoms with Gasteiger partial charge in [-0.3, -0.25) is 19.6 Å². The van der Waals surface area contributed by atoms with Crippen molar-refractivity contribution < 1.29 is 9.53 Å². The molecule has 0 bridgehead atoms.